The molecule has 0 spiro atoms. The van der Waals surface area contributed by atoms with E-state index in [0.29, 0.717) is 23.4 Å². The van der Waals surface area contributed by atoms with Gasteiger partial charge in [-0.2, -0.15) is 0 Å². The van der Waals surface area contributed by atoms with Crippen molar-refractivity contribution in [3.63, 3.8) is 0 Å². The van der Waals surface area contributed by atoms with Crippen LogP contribution in [0, 0.1) is 6.92 Å². The number of carbonyl (C=O) groups is 3. The van der Waals surface area contributed by atoms with Gasteiger partial charge < -0.3 is 9.42 Å². The van der Waals surface area contributed by atoms with Crippen molar-refractivity contribution in [2.24, 2.45) is 0 Å². The number of nitrogens with one attached hydrogen (secondary N) is 1. The van der Waals surface area contributed by atoms with Crippen LogP contribution in [0.4, 0.5) is 0 Å². The number of hydrogen-bond donors (Lipinski definition) is 1. The van der Waals surface area contributed by atoms with Crippen LogP contribution in [0.25, 0.3) is 0 Å². The van der Waals surface area contributed by atoms with Gasteiger partial charge in [-0.3, -0.25) is 19.7 Å². The van der Waals surface area contributed by atoms with Crippen LogP contribution in [0.1, 0.15) is 42.6 Å². The minimum Gasteiger partial charge on any atom is -0.361 e. The summed E-state index contributed by atoms with van der Waals surface area (Å²) in [6, 6.07) is 0. The second-order valence-electron chi connectivity index (χ2n) is 5.24. The van der Waals surface area contributed by atoms with Crippen molar-refractivity contribution in [3.05, 3.63) is 17.0 Å². The van der Waals surface area contributed by atoms with Gasteiger partial charge in [-0.05, 0) is 27.2 Å². The van der Waals surface area contributed by atoms with Crippen molar-refractivity contribution in [1.82, 2.24) is 15.4 Å². The second kappa shape index (κ2) is 4.73. The van der Waals surface area contributed by atoms with E-state index in [1.54, 1.807) is 20.8 Å². The summed E-state index contributed by atoms with van der Waals surface area (Å²) in [6.45, 7) is 6.53. The molecule has 1 fully saturated rings. The van der Waals surface area contributed by atoms with Gasteiger partial charge in [0.15, 0.2) is 0 Å². The number of imide groups is 1. The summed E-state index contributed by atoms with van der Waals surface area (Å²) in [5.74, 6) is -1.00. The minimum atomic E-state index is -1.10. The molecule has 1 aliphatic rings. The predicted molar refractivity (Wildman–Crippen MR) is 68.9 cm³/mol. The molecule has 0 bridgehead atoms. The van der Waals surface area contributed by atoms with Crippen molar-refractivity contribution >= 4 is 17.7 Å². The Labute approximate surface area is 116 Å². The molecular weight excluding hydrogens is 262 g/mol. The third kappa shape index (κ3) is 2.09. The number of carbonyl (C=O) groups excluding carboxylic acids is 3. The lowest BCUT2D eigenvalue weighted by atomic mass is 9.96. The molecule has 0 atom stereocenters. The van der Waals surface area contributed by atoms with Crippen LogP contribution in [0.3, 0.4) is 0 Å². The van der Waals surface area contributed by atoms with Crippen LogP contribution in [-0.4, -0.2) is 39.9 Å². The molecule has 108 valence electrons. The summed E-state index contributed by atoms with van der Waals surface area (Å²) >= 11 is 0. The SMILES string of the molecule is CCc1noc(C)c1C(=O)N1CC(=O)NC(=O)C1(C)C. The number of aromatic nitrogens is 1. The molecule has 2 rings (SSSR count). The summed E-state index contributed by atoms with van der Waals surface area (Å²) in [5, 5.41) is 6.06. The quantitative estimate of drug-likeness (QED) is 0.792. The van der Waals surface area contributed by atoms with Gasteiger partial charge in [0.2, 0.25) is 5.91 Å². The van der Waals surface area contributed by atoms with Crippen LogP contribution in [0.5, 0.6) is 0 Å². The van der Waals surface area contributed by atoms with Gasteiger partial charge in [0.05, 0.1) is 5.69 Å². The maximum atomic E-state index is 12.7. The molecule has 0 aromatic carbocycles. The molecule has 0 radical (unpaired) electrons. The summed E-state index contributed by atoms with van der Waals surface area (Å²) in [6.07, 6.45) is 0.535. The number of amides is 3. The van der Waals surface area contributed by atoms with E-state index in [1.807, 2.05) is 6.92 Å². The molecule has 0 aliphatic carbocycles. The zero-order valence-corrected chi connectivity index (χ0v) is 11.9. The van der Waals surface area contributed by atoms with Gasteiger partial charge in [0.25, 0.3) is 11.8 Å². The Kier molecular flexibility index (Phi) is 3.37. The monoisotopic (exact) mass is 279 g/mol. The summed E-state index contributed by atoms with van der Waals surface area (Å²) in [4.78, 5) is 37.3. The number of hydrogen-bond acceptors (Lipinski definition) is 5. The lowest BCUT2D eigenvalue weighted by Crippen LogP contribution is -2.65. The summed E-state index contributed by atoms with van der Waals surface area (Å²) in [7, 11) is 0. The molecule has 1 aromatic rings. The van der Waals surface area contributed by atoms with Gasteiger partial charge in [-0.25, -0.2) is 0 Å². The van der Waals surface area contributed by atoms with Gasteiger partial charge in [-0.1, -0.05) is 12.1 Å². The predicted octanol–water partition coefficient (Wildman–Crippen LogP) is 0.423. The van der Waals surface area contributed by atoms with E-state index in [0.717, 1.165) is 0 Å². The third-order valence-electron chi connectivity index (χ3n) is 3.51. The maximum absolute atomic E-state index is 12.7. The first-order chi connectivity index (χ1) is 9.28. The Morgan fingerprint density at radius 1 is 1.45 bits per heavy atom. The van der Waals surface area contributed by atoms with Crippen LogP contribution in [0.15, 0.2) is 4.52 Å². The van der Waals surface area contributed by atoms with E-state index in [1.165, 1.54) is 4.90 Å². The van der Waals surface area contributed by atoms with Gasteiger partial charge in [-0.15, -0.1) is 0 Å². The molecule has 1 N–H and O–H groups in total. The highest BCUT2D eigenvalue weighted by atomic mass is 16.5. The number of rotatable bonds is 2. The molecule has 1 aromatic heterocycles. The first kappa shape index (κ1) is 14.2. The number of aryl methyl sites for hydroxylation is 2. The first-order valence-corrected chi connectivity index (χ1v) is 6.40. The van der Waals surface area contributed by atoms with Gasteiger partial charge in [0.1, 0.15) is 23.4 Å². The number of nitrogens with zero attached hydrogens (tertiary/aromatic N) is 2. The largest absolute Gasteiger partial charge is 0.361 e. The van der Waals surface area contributed by atoms with Crippen LogP contribution in [-0.2, 0) is 16.0 Å². The molecule has 1 saturated heterocycles. The fourth-order valence-electron chi connectivity index (χ4n) is 2.18. The van der Waals surface area contributed by atoms with E-state index in [-0.39, 0.29) is 6.54 Å². The summed E-state index contributed by atoms with van der Waals surface area (Å²) < 4.78 is 5.04. The molecule has 0 unspecified atom stereocenters. The fraction of sp³-hybridized carbons (Fsp3) is 0.538. The van der Waals surface area contributed by atoms with E-state index in [2.05, 4.69) is 10.5 Å². The Balaban J connectivity index is 2.43. The van der Waals surface area contributed by atoms with Gasteiger partial charge in [0, 0.05) is 0 Å². The Bertz CT molecular complexity index is 588. The van der Waals surface area contributed by atoms with Crippen molar-refractivity contribution in [2.45, 2.75) is 39.7 Å². The van der Waals surface area contributed by atoms with E-state index < -0.39 is 23.3 Å². The zero-order chi connectivity index (χ0) is 15.1. The van der Waals surface area contributed by atoms with E-state index in [9.17, 15) is 14.4 Å². The summed E-state index contributed by atoms with van der Waals surface area (Å²) in [5.41, 5.74) is -0.232. The minimum absolute atomic E-state index is 0.161. The smallest absolute Gasteiger partial charge is 0.260 e. The third-order valence-corrected chi connectivity index (χ3v) is 3.51. The van der Waals surface area contributed by atoms with Crippen LogP contribution < -0.4 is 5.32 Å². The zero-order valence-electron chi connectivity index (χ0n) is 11.9. The maximum Gasteiger partial charge on any atom is 0.260 e. The average Bonchev–Trinajstić information content (AvgIpc) is 2.74. The van der Waals surface area contributed by atoms with Crippen LogP contribution in [0.2, 0.25) is 0 Å². The second-order valence-corrected chi connectivity index (χ2v) is 5.24. The van der Waals surface area contributed by atoms with Crippen molar-refractivity contribution < 1.29 is 18.9 Å². The molecular formula is C13H17N3O4. The van der Waals surface area contributed by atoms with Crippen molar-refractivity contribution in [1.29, 1.82) is 0 Å². The highest BCUT2D eigenvalue weighted by Gasteiger charge is 2.44. The Morgan fingerprint density at radius 3 is 2.70 bits per heavy atom. The first-order valence-electron chi connectivity index (χ1n) is 6.40. The molecule has 7 heteroatoms. The highest BCUT2D eigenvalue weighted by Crippen LogP contribution is 2.24. The van der Waals surface area contributed by atoms with Crippen molar-refractivity contribution in [3.8, 4) is 0 Å². The molecule has 7 nitrogen and oxygen atoms in total. The average molecular weight is 279 g/mol. The standard InChI is InChI=1S/C13H17N3O4/c1-5-8-10(7(2)20-15-8)11(18)16-6-9(17)14-12(19)13(16,3)4/h5-6H2,1-4H3,(H,14,17,19). The fourth-order valence-corrected chi connectivity index (χ4v) is 2.18. The van der Waals surface area contributed by atoms with Crippen LogP contribution >= 0.6 is 0 Å². The van der Waals surface area contributed by atoms with E-state index in [4.69, 9.17) is 4.52 Å². The molecule has 0 saturated carbocycles. The van der Waals surface area contributed by atoms with Crippen molar-refractivity contribution in [2.75, 3.05) is 6.54 Å². The Morgan fingerprint density at radius 2 is 2.10 bits per heavy atom. The molecule has 1 aliphatic heterocycles. The molecule has 3 amide bonds. The lowest BCUT2D eigenvalue weighted by molar-refractivity contribution is -0.143. The number of piperazine rings is 1. The highest BCUT2D eigenvalue weighted by molar-refractivity contribution is 6.09. The van der Waals surface area contributed by atoms with E-state index >= 15 is 0 Å². The Hall–Kier alpha value is -2.18. The molecule has 2 heterocycles. The lowest BCUT2D eigenvalue weighted by Gasteiger charge is -2.40. The topological polar surface area (TPSA) is 92.5 Å². The van der Waals surface area contributed by atoms with Gasteiger partial charge >= 0.3 is 0 Å². The molecule has 20 heavy (non-hydrogen) atoms. The normalized spacial score (nSPS) is 18.1.